The molecule has 19 heavy (non-hydrogen) atoms. The maximum absolute atomic E-state index is 6.13. The lowest BCUT2D eigenvalue weighted by molar-refractivity contribution is 0.480. The molecule has 0 radical (unpaired) electrons. The van der Waals surface area contributed by atoms with Crippen molar-refractivity contribution in [2.24, 2.45) is 5.92 Å². The molecule has 1 N–H and O–H groups in total. The van der Waals surface area contributed by atoms with Gasteiger partial charge in [0, 0.05) is 10.9 Å². The molecule has 0 saturated carbocycles. The van der Waals surface area contributed by atoms with Gasteiger partial charge in [-0.25, -0.2) is 0 Å². The highest BCUT2D eigenvalue weighted by Crippen LogP contribution is 2.29. The molecule has 2 aromatic rings. The first-order valence-corrected chi connectivity index (χ1v) is 7.40. The predicted octanol–water partition coefficient (Wildman–Crippen LogP) is 4.30. The number of aryl methyl sites for hydroxylation is 2. The van der Waals surface area contributed by atoms with Crippen LogP contribution in [0.4, 0.5) is 0 Å². The van der Waals surface area contributed by atoms with Gasteiger partial charge in [-0.05, 0) is 30.9 Å². The van der Waals surface area contributed by atoms with Crippen LogP contribution in [0, 0.1) is 5.92 Å². The summed E-state index contributed by atoms with van der Waals surface area (Å²) in [6, 6.07) is 6.49. The van der Waals surface area contributed by atoms with E-state index in [0.29, 0.717) is 5.92 Å². The zero-order valence-electron chi connectivity index (χ0n) is 12.5. The van der Waals surface area contributed by atoms with E-state index in [2.05, 4.69) is 51.2 Å². The average molecular weight is 259 g/mol. The van der Waals surface area contributed by atoms with E-state index in [9.17, 15) is 0 Å². The lowest BCUT2D eigenvalue weighted by Crippen LogP contribution is -2.19. The number of rotatable bonds is 6. The van der Waals surface area contributed by atoms with Crippen molar-refractivity contribution in [2.45, 2.75) is 47.1 Å². The smallest absolute Gasteiger partial charge is 0.137 e. The molecule has 2 heteroatoms. The van der Waals surface area contributed by atoms with Gasteiger partial charge in [0.2, 0.25) is 0 Å². The zero-order valence-corrected chi connectivity index (χ0v) is 12.5. The summed E-state index contributed by atoms with van der Waals surface area (Å²) in [5, 5.41) is 4.78. The highest BCUT2D eigenvalue weighted by atomic mass is 16.3. The summed E-state index contributed by atoms with van der Waals surface area (Å²) in [5.74, 6) is 1.78. The monoisotopic (exact) mass is 259 g/mol. The number of hydrogen-bond donors (Lipinski definition) is 1. The molecule has 0 aliphatic rings. The third kappa shape index (κ3) is 3.01. The Morgan fingerprint density at radius 2 is 1.95 bits per heavy atom. The first-order chi connectivity index (χ1) is 9.17. The molecule has 0 saturated heterocycles. The maximum atomic E-state index is 6.13. The van der Waals surface area contributed by atoms with Crippen LogP contribution in [0.2, 0.25) is 0 Å². The van der Waals surface area contributed by atoms with Crippen LogP contribution in [0.1, 0.15) is 44.6 Å². The topological polar surface area (TPSA) is 25.2 Å². The van der Waals surface area contributed by atoms with Crippen LogP contribution in [-0.4, -0.2) is 6.54 Å². The summed E-state index contributed by atoms with van der Waals surface area (Å²) < 4.78 is 6.13. The van der Waals surface area contributed by atoms with Gasteiger partial charge in [0.05, 0.1) is 6.54 Å². The fraction of sp³-hybridized carbons (Fsp3) is 0.529. The van der Waals surface area contributed by atoms with Crippen molar-refractivity contribution in [1.82, 2.24) is 5.32 Å². The molecular formula is C17H25NO. The van der Waals surface area contributed by atoms with Crippen molar-refractivity contribution in [3.63, 3.8) is 0 Å². The summed E-state index contributed by atoms with van der Waals surface area (Å²) in [6.45, 7) is 10.7. The summed E-state index contributed by atoms with van der Waals surface area (Å²) >= 11 is 0. The molecule has 0 unspecified atom stereocenters. The standard InChI is InChI=1S/C17H25NO/c1-5-13-8-7-9-15-14(6-2)16(19-17(13)15)11-18-10-12(3)4/h7-9,12,18H,5-6,10-11H2,1-4H3. The van der Waals surface area contributed by atoms with Crippen LogP contribution >= 0.6 is 0 Å². The summed E-state index contributed by atoms with van der Waals surface area (Å²) in [4.78, 5) is 0. The predicted molar refractivity (Wildman–Crippen MR) is 81.5 cm³/mol. The minimum atomic E-state index is 0.667. The molecular weight excluding hydrogens is 234 g/mol. The van der Waals surface area contributed by atoms with E-state index in [1.165, 1.54) is 16.5 Å². The Balaban J connectivity index is 2.32. The molecule has 104 valence electrons. The first kappa shape index (κ1) is 14.1. The second-order valence-corrected chi connectivity index (χ2v) is 5.53. The first-order valence-electron chi connectivity index (χ1n) is 7.40. The Labute approximate surface area is 116 Å². The number of fused-ring (bicyclic) bond motifs is 1. The minimum absolute atomic E-state index is 0.667. The van der Waals surface area contributed by atoms with Gasteiger partial charge in [0.25, 0.3) is 0 Å². The number of nitrogens with one attached hydrogen (secondary N) is 1. The van der Waals surface area contributed by atoms with Gasteiger partial charge in [-0.15, -0.1) is 0 Å². The molecule has 1 aromatic heterocycles. The normalized spacial score (nSPS) is 11.6. The Bertz CT molecular complexity index is 539. The van der Waals surface area contributed by atoms with E-state index in [1.54, 1.807) is 0 Å². The Morgan fingerprint density at radius 1 is 1.16 bits per heavy atom. The van der Waals surface area contributed by atoms with E-state index < -0.39 is 0 Å². The second-order valence-electron chi connectivity index (χ2n) is 5.53. The largest absolute Gasteiger partial charge is 0.459 e. The summed E-state index contributed by atoms with van der Waals surface area (Å²) in [7, 11) is 0. The van der Waals surface area contributed by atoms with Gasteiger partial charge >= 0.3 is 0 Å². The molecule has 2 rings (SSSR count). The fourth-order valence-corrected chi connectivity index (χ4v) is 2.56. The van der Waals surface area contributed by atoms with Crippen molar-refractivity contribution in [3.8, 4) is 0 Å². The quantitative estimate of drug-likeness (QED) is 0.836. The molecule has 0 fully saturated rings. The number of benzene rings is 1. The molecule has 0 amide bonds. The maximum Gasteiger partial charge on any atom is 0.137 e. The lowest BCUT2D eigenvalue weighted by Gasteiger charge is -2.06. The molecule has 0 bridgehead atoms. The van der Waals surface area contributed by atoms with Crippen molar-refractivity contribution >= 4 is 11.0 Å². The molecule has 0 atom stereocenters. The second kappa shape index (κ2) is 6.25. The van der Waals surface area contributed by atoms with E-state index in [-0.39, 0.29) is 0 Å². The molecule has 1 heterocycles. The SMILES string of the molecule is CCc1c(CNCC(C)C)oc2c(CC)cccc12. The van der Waals surface area contributed by atoms with Gasteiger partial charge < -0.3 is 9.73 Å². The average Bonchev–Trinajstić information content (AvgIpc) is 2.75. The number of para-hydroxylation sites is 1. The fourth-order valence-electron chi connectivity index (χ4n) is 2.56. The van der Waals surface area contributed by atoms with Crippen molar-refractivity contribution in [1.29, 1.82) is 0 Å². The van der Waals surface area contributed by atoms with Gasteiger partial charge in [0.15, 0.2) is 0 Å². The molecule has 0 aliphatic carbocycles. The van der Waals surface area contributed by atoms with Crippen LogP contribution in [-0.2, 0) is 19.4 Å². The summed E-state index contributed by atoms with van der Waals surface area (Å²) in [6.07, 6.45) is 2.05. The number of furan rings is 1. The van der Waals surface area contributed by atoms with Crippen molar-refractivity contribution in [3.05, 3.63) is 35.1 Å². The molecule has 0 spiro atoms. The molecule has 1 aromatic carbocycles. The van der Waals surface area contributed by atoms with E-state index >= 15 is 0 Å². The number of hydrogen-bond acceptors (Lipinski definition) is 2. The van der Waals surface area contributed by atoms with E-state index in [4.69, 9.17) is 4.42 Å². The third-order valence-electron chi connectivity index (χ3n) is 3.56. The van der Waals surface area contributed by atoms with Gasteiger partial charge in [-0.2, -0.15) is 0 Å². The van der Waals surface area contributed by atoms with Crippen molar-refractivity contribution in [2.75, 3.05) is 6.54 Å². The van der Waals surface area contributed by atoms with Gasteiger partial charge in [0.1, 0.15) is 11.3 Å². The van der Waals surface area contributed by atoms with Crippen LogP contribution in [0.5, 0.6) is 0 Å². The Kier molecular flexibility index (Phi) is 4.65. The zero-order chi connectivity index (χ0) is 13.8. The third-order valence-corrected chi connectivity index (χ3v) is 3.56. The van der Waals surface area contributed by atoms with Crippen LogP contribution in [0.15, 0.2) is 22.6 Å². The van der Waals surface area contributed by atoms with Gasteiger partial charge in [-0.3, -0.25) is 0 Å². The van der Waals surface area contributed by atoms with E-state index in [0.717, 1.165) is 37.3 Å². The van der Waals surface area contributed by atoms with Crippen LogP contribution < -0.4 is 5.32 Å². The highest BCUT2D eigenvalue weighted by molar-refractivity contribution is 5.85. The molecule has 0 aliphatic heterocycles. The molecule has 2 nitrogen and oxygen atoms in total. The van der Waals surface area contributed by atoms with Crippen LogP contribution in [0.3, 0.4) is 0 Å². The van der Waals surface area contributed by atoms with Crippen LogP contribution in [0.25, 0.3) is 11.0 Å². The Hall–Kier alpha value is -1.28. The van der Waals surface area contributed by atoms with Gasteiger partial charge in [-0.1, -0.05) is 45.9 Å². The highest BCUT2D eigenvalue weighted by Gasteiger charge is 2.14. The lowest BCUT2D eigenvalue weighted by atomic mass is 10.0. The Morgan fingerprint density at radius 3 is 2.58 bits per heavy atom. The minimum Gasteiger partial charge on any atom is -0.459 e. The summed E-state index contributed by atoms with van der Waals surface area (Å²) in [5.41, 5.74) is 3.76. The van der Waals surface area contributed by atoms with E-state index in [1.807, 2.05) is 0 Å². The van der Waals surface area contributed by atoms with Crippen molar-refractivity contribution < 1.29 is 4.42 Å².